The molecule has 3 rings (SSSR count). The molecule has 0 aliphatic heterocycles. The summed E-state index contributed by atoms with van der Waals surface area (Å²) in [6, 6.07) is 14.4. The Hall–Kier alpha value is -2.42. The van der Waals surface area contributed by atoms with Crippen LogP contribution < -0.4 is 5.32 Å². The highest BCUT2D eigenvalue weighted by atomic mass is 15.0. The van der Waals surface area contributed by atoms with Crippen LogP contribution in [-0.4, -0.2) is 16.5 Å². The van der Waals surface area contributed by atoms with Gasteiger partial charge >= 0.3 is 0 Å². The van der Waals surface area contributed by atoms with Crippen LogP contribution >= 0.6 is 0 Å². The van der Waals surface area contributed by atoms with E-state index in [-0.39, 0.29) is 0 Å². The Balaban J connectivity index is 2.30. The minimum absolute atomic E-state index is 0.783. The quantitative estimate of drug-likeness (QED) is 0.773. The average molecular weight is 277 g/mol. The number of hydrogen-bond donors (Lipinski definition) is 1. The molecule has 1 aromatic heterocycles. The maximum Gasteiger partial charge on any atom is 0.162 e. The molecule has 3 aromatic rings. The second-order valence-electron chi connectivity index (χ2n) is 5.21. The fourth-order valence-corrected chi connectivity index (χ4v) is 2.54. The minimum Gasteiger partial charge on any atom is -0.370 e. The number of benzene rings is 2. The van der Waals surface area contributed by atoms with Crippen molar-refractivity contribution in [2.45, 2.75) is 20.8 Å². The lowest BCUT2D eigenvalue weighted by Gasteiger charge is -2.12. The van der Waals surface area contributed by atoms with Gasteiger partial charge in [0.05, 0.1) is 5.52 Å². The highest BCUT2D eigenvalue weighted by Gasteiger charge is 2.11. The van der Waals surface area contributed by atoms with E-state index in [0.29, 0.717) is 0 Å². The second-order valence-corrected chi connectivity index (χ2v) is 5.21. The second kappa shape index (κ2) is 5.52. The minimum atomic E-state index is 0.783. The Bertz CT molecular complexity index is 794. The van der Waals surface area contributed by atoms with Gasteiger partial charge in [-0.2, -0.15) is 0 Å². The molecule has 0 radical (unpaired) electrons. The van der Waals surface area contributed by atoms with Crippen molar-refractivity contribution < 1.29 is 0 Å². The number of aromatic nitrogens is 2. The lowest BCUT2D eigenvalue weighted by Crippen LogP contribution is -2.04. The molecule has 2 aromatic carbocycles. The molecule has 3 nitrogen and oxygen atoms in total. The zero-order valence-corrected chi connectivity index (χ0v) is 12.6. The molecule has 0 unspecified atom stereocenters. The number of nitrogens with one attached hydrogen (secondary N) is 1. The molecule has 0 saturated heterocycles. The summed E-state index contributed by atoms with van der Waals surface area (Å²) in [5.41, 5.74) is 4.46. The molecule has 3 heteroatoms. The molecule has 21 heavy (non-hydrogen) atoms. The number of fused-ring (bicyclic) bond motifs is 1. The molecule has 1 heterocycles. The Morgan fingerprint density at radius 2 is 1.67 bits per heavy atom. The average Bonchev–Trinajstić information content (AvgIpc) is 2.49. The van der Waals surface area contributed by atoms with Crippen LogP contribution in [0.5, 0.6) is 0 Å². The van der Waals surface area contributed by atoms with Crippen molar-refractivity contribution in [2.24, 2.45) is 0 Å². The first-order valence-electron chi connectivity index (χ1n) is 7.28. The third-order valence-electron chi connectivity index (χ3n) is 3.66. The maximum atomic E-state index is 4.80. The Morgan fingerprint density at radius 1 is 0.905 bits per heavy atom. The fraction of sp³-hybridized carbons (Fsp3) is 0.222. The topological polar surface area (TPSA) is 37.8 Å². The number of nitrogens with zero attached hydrogens (tertiary/aromatic N) is 2. The van der Waals surface area contributed by atoms with Gasteiger partial charge < -0.3 is 5.32 Å². The molecule has 0 spiro atoms. The van der Waals surface area contributed by atoms with Gasteiger partial charge in [0.1, 0.15) is 5.82 Å². The van der Waals surface area contributed by atoms with Crippen LogP contribution in [-0.2, 0) is 0 Å². The van der Waals surface area contributed by atoms with Gasteiger partial charge in [0.15, 0.2) is 5.82 Å². The third kappa shape index (κ3) is 2.47. The first kappa shape index (κ1) is 13.6. The molecule has 0 aliphatic rings. The summed E-state index contributed by atoms with van der Waals surface area (Å²) < 4.78 is 0. The molecule has 0 amide bonds. The molecule has 0 bridgehead atoms. The van der Waals surface area contributed by atoms with Crippen LogP contribution in [0.25, 0.3) is 22.3 Å². The van der Waals surface area contributed by atoms with Crippen LogP contribution in [0, 0.1) is 13.8 Å². The van der Waals surface area contributed by atoms with Gasteiger partial charge in [-0.25, -0.2) is 9.97 Å². The first-order chi connectivity index (χ1) is 10.2. The van der Waals surface area contributed by atoms with Crippen LogP contribution in [0.1, 0.15) is 18.1 Å². The van der Waals surface area contributed by atoms with E-state index in [1.807, 2.05) is 12.1 Å². The highest BCUT2D eigenvalue weighted by Crippen LogP contribution is 2.28. The molecule has 1 N–H and O–H groups in total. The van der Waals surface area contributed by atoms with E-state index in [2.05, 4.69) is 56.4 Å². The van der Waals surface area contributed by atoms with Gasteiger partial charge in [0.25, 0.3) is 0 Å². The van der Waals surface area contributed by atoms with Gasteiger partial charge in [-0.15, -0.1) is 0 Å². The largest absolute Gasteiger partial charge is 0.370 e. The van der Waals surface area contributed by atoms with Crippen molar-refractivity contribution in [3.63, 3.8) is 0 Å². The van der Waals surface area contributed by atoms with Crippen molar-refractivity contribution in [1.82, 2.24) is 9.97 Å². The highest BCUT2D eigenvalue weighted by molar-refractivity contribution is 5.92. The van der Waals surface area contributed by atoms with Crippen LogP contribution in [0.3, 0.4) is 0 Å². The molecule has 0 aliphatic carbocycles. The first-order valence-corrected chi connectivity index (χ1v) is 7.28. The molecular weight excluding hydrogens is 258 g/mol. The smallest absolute Gasteiger partial charge is 0.162 e. The lowest BCUT2D eigenvalue weighted by atomic mass is 10.1. The van der Waals surface area contributed by atoms with E-state index in [4.69, 9.17) is 9.97 Å². The molecule has 106 valence electrons. The Kier molecular flexibility index (Phi) is 3.57. The predicted molar refractivity (Wildman–Crippen MR) is 88.6 cm³/mol. The number of hydrogen-bond acceptors (Lipinski definition) is 3. The number of anilines is 1. The van der Waals surface area contributed by atoms with Crippen molar-refractivity contribution in [3.05, 3.63) is 53.6 Å². The molecular formula is C18H19N3. The summed E-state index contributed by atoms with van der Waals surface area (Å²) in [4.78, 5) is 9.54. The predicted octanol–water partition coefficient (Wildman–Crippen LogP) is 4.35. The van der Waals surface area contributed by atoms with E-state index in [1.165, 1.54) is 11.1 Å². The number of rotatable bonds is 3. The summed E-state index contributed by atoms with van der Waals surface area (Å²) in [6.07, 6.45) is 0. The normalized spacial score (nSPS) is 10.8. The fourth-order valence-electron chi connectivity index (χ4n) is 2.54. The third-order valence-corrected chi connectivity index (χ3v) is 3.66. The van der Waals surface area contributed by atoms with E-state index in [9.17, 15) is 0 Å². The van der Waals surface area contributed by atoms with Gasteiger partial charge in [0, 0.05) is 17.5 Å². The standard InChI is InChI=1S/C18H19N3/c1-4-19-17-15-11-7-9-13(3)16(15)20-18(21-17)14-10-6-5-8-12(14)2/h5-11H,4H2,1-3H3,(H,19,20,21). The van der Waals surface area contributed by atoms with Crippen molar-refractivity contribution >= 4 is 16.7 Å². The van der Waals surface area contributed by atoms with Crippen LogP contribution in [0.4, 0.5) is 5.82 Å². The monoisotopic (exact) mass is 277 g/mol. The van der Waals surface area contributed by atoms with Gasteiger partial charge in [0.2, 0.25) is 0 Å². The number of aryl methyl sites for hydroxylation is 2. The zero-order chi connectivity index (χ0) is 14.8. The van der Waals surface area contributed by atoms with Crippen LogP contribution in [0.15, 0.2) is 42.5 Å². The SMILES string of the molecule is CCNc1nc(-c2ccccc2C)nc2c(C)cccc12. The zero-order valence-electron chi connectivity index (χ0n) is 12.6. The van der Waals surface area contributed by atoms with Gasteiger partial charge in [-0.3, -0.25) is 0 Å². The summed E-state index contributed by atoms with van der Waals surface area (Å²) in [5.74, 6) is 1.69. The van der Waals surface area contributed by atoms with Crippen molar-refractivity contribution in [1.29, 1.82) is 0 Å². The van der Waals surface area contributed by atoms with Crippen LogP contribution in [0.2, 0.25) is 0 Å². The summed E-state index contributed by atoms with van der Waals surface area (Å²) >= 11 is 0. The Morgan fingerprint density at radius 3 is 2.43 bits per heavy atom. The van der Waals surface area contributed by atoms with Gasteiger partial charge in [-0.05, 0) is 38.0 Å². The Labute approximate surface area is 125 Å². The summed E-state index contributed by atoms with van der Waals surface area (Å²) in [5, 5.41) is 4.43. The maximum absolute atomic E-state index is 4.80. The molecule has 0 saturated carbocycles. The number of para-hydroxylation sites is 1. The van der Waals surface area contributed by atoms with E-state index in [1.54, 1.807) is 0 Å². The van der Waals surface area contributed by atoms with Crippen molar-refractivity contribution in [2.75, 3.05) is 11.9 Å². The van der Waals surface area contributed by atoms with E-state index >= 15 is 0 Å². The van der Waals surface area contributed by atoms with E-state index < -0.39 is 0 Å². The summed E-state index contributed by atoms with van der Waals surface area (Å²) in [7, 11) is 0. The molecule has 0 fully saturated rings. The molecule has 0 atom stereocenters. The van der Waals surface area contributed by atoms with Gasteiger partial charge in [-0.1, -0.05) is 36.4 Å². The van der Waals surface area contributed by atoms with E-state index in [0.717, 1.165) is 34.7 Å². The lowest BCUT2D eigenvalue weighted by molar-refractivity contribution is 1.14. The summed E-state index contributed by atoms with van der Waals surface area (Å²) in [6.45, 7) is 7.10. The van der Waals surface area contributed by atoms with Crippen molar-refractivity contribution in [3.8, 4) is 11.4 Å².